The Kier molecular flexibility index (Phi) is 3.31. The number of hydrogen-bond acceptors (Lipinski definition) is 5. The molecule has 6 heteroatoms. The molecule has 2 rings (SSSR count). The highest BCUT2D eigenvalue weighted by Gasteiger charge is 2.07. The van der Waals surface area contributed by atoms with E-state index in [4.69, 9.17) is 4.74 Å². The van der Waals surface area contributed by atoms with Crippen LogP contribution in [-0.4, -0.2) is 27.6 Å². The summed E-state index contributed by atoms with van der Waals surface area (Å²) in [7, 11) is 0. The number of carbonyl (C=O) groups is 1. The Balaban J connectivity index is 2.06. The Morgan fingerprint density at radius 3 is 3.19 bits per heavy atom. The molecule has 0 aliphatic rings. The molecule has 0 N–H and O–H groups in total. The number of rotatable bonds is 4. The minimum atomic E-state index is -0.302. The van der Waals surface area contributed by atoms with Gasteiger partial charge in [0.2, 0.25) is 0 Å². The first kappa shape index (κ1) is 10.8. The fourth-order valence-electron chi connectivity index (χ4n) is 1.26. The highest BCUT2D eigenvalue weighted by molar-refractivity contribution is 7.08. The average molecular weight is 237 g/mol. The quantitative estimate of drug-likeness (QED) is 0.757. The van der Waals surface area contributed by atoms with E-state index in [1.165, 1.54) is 4.68 Å². The van der Waals surface area contributed by atoms with E-state index in [1.807, 2.05) is 16.8 Å². The van der Waals surface area contributed by atoms with Gasteiger partial charge in [0.15, 0.2) is 0 Å². The number of carbonyl (C=O) groups excluding carboxylic acids is 1. The lowest BCUT2D eigenvalue weighted by Gasteiger charge is -1.99. The van der Waals surface area contributed by atoms with Crippen LogP contribution in [-0.2, 0) is 16.1 Å². The largest absolute Gasteiger partial charge is 0.465 e. The highest BCUT2D eigenvalue weighted by Crippen LogP contribution is 2.18. The predicted molar refractivity (Wildman–Crippen MR) is 60.0 cm³/mol. The van der Waals surface area contributed by atoms with E-state index in [-0.39, 0.29) is 12.5 Å². The Hall–Kier alpha value is -1.69. The minimum absolute atomic E-state index is 0.102. The average Bonchev–Trinajstić information content (AvgIpc) is 2.86. The molecule has 0 aliphatic heterocycles. The summed E-state index contributed by atoms with van der Waals surface area (Å²) in [6.07, 6.45) is 1.74. The smallest absolute Gasteiger partial charge is 0.327 e. The molecule has 0 aliphatic carbocycles. The molecule has 0 radical (unpaired) electrons. The fraction of sp³-hybridized carbons (Fsp3) is 0.300. The minimum Gasteiger partial charge on any atom is -0.465 e. The van der Waals surface area contributed by atoms with Gasteiger partial charge in [-0.1, -0.05) is 5.21 Å². The molecule has 0 bridgehead atoms. The molecule has 2 heterocycles. The van der Waals surface area contributed by atoms with Gasteiger partial charge in [-0.15, -0.1) is 5.10 Å². The van der Waals surface area contributed by atoms with Crippen LogP contribution < -0.4 is 0 Å². The van der Waals surface area contributed by atoms with E-state index in [1.54, 1.807) is 24.5 Å². The van der Waals surface area contributed by atoms with E-state index >= 15 is 0 Å². The van der Waals surface area contributed by atoms with Gasteiger partial charge in [-0.25, -0.2) is 4.68 Å². The van der Waals surface area contributed by atoms with Crippen molar-refractivity contribution in [1.29, 1.82) is 0 Å². The zero-order valence-electron chi connectivity index (χ0n) is 8.79. The maximum absolute atomic E-state index is 11.2. The first-order valence-electron chi connectivity index (χ1n) is 4.88. The summed E-state index contributed by atoms with van der Waals surface area (Å²) in [4.78, 5) is 11.2. The van der Waals surface area contributed by atoms with Crippen LogP contribution >= 0.6 is 11.3 Å². The number of ether oxygens (including phenoxy) is 1. The molecule has 0 spiro atoms. The van der Waals surface area contributed by atoms with Gasteiger partial charge in [0.1, 0.15) is 12.2 Å². The molecule has 16 heavy (non-hydrogen) atoms. The number of hydrogen-bond donors (Lipinski definition) is 0. The molecule has 0 atom stereocenters. The van der Waals surface area contributed by atoms with Crippen LogP contribution in [0.25, 0.3) is 11.3 Å². The molecule has 5 nitrogen and oxygen atoms in total. The van der Waals surface area contributed by atoms with E-state index < -0.39 is 0 Å². The molecule has 0 aromatic carbocycles. The first-order valence-corrected chi connectivity index (χ1v) is 5.82. The van der Waals surface area contributed by atoms with Gasteiger partial charge < -0.3 is 4.74 Å². The van der Waals surface area contributed by atoms with Gasteiger partial charge >= 0.3 is 5.97 Å². The monoisotopic (exact) mass is 237 g/mol. The normalized spacial score (nSPS) is 10.3. The molecule has 0 saturated carbocycles. The summed E-state index contributed by atoms with van der Waals surface area (Å²) in [6, 6.07) is 1.96. The summed E-state index contributed by atoms with van der Waals surface area (Å²) >= 11 is 1.60. The van der Waals surface area contributed by atoms with Crippen molar-refractivity contribution in [3.05, 3.63) is 23.0 Å². The van der Waals surface area contributed by atoms with Crippen LogP contribution in [0.5, 0.6) is 0 Å². The summed E-state index contributed by atoms with van der Waals surface area (Å²) in [5.41, 5.74) is 1.78. The topological polar surface area (TPSA) is 57.0 Å². The third kappa shape index (κ3) is 2.46. The number of esters is 1. The van der Waals surface area contributed by atoms with Crippen molar-refractivity contribution in [3.8, 4) is 11.3 Å². The Morgan fingerprint density at radius 2 is 2.50 bits per heavy atom. The van der Waals surface area contributed by atoms with Crippen LogP contribution in [0, 0.1) is 0 Å². The van der Waals surface area contributed by atoms with E-state index in [0.29, 0.717) is 6.61 Å². The Bertz CT molecular complexity index is 464. The standard InChI is InChI=1S/C10H11N3O2S/c1-2-15-10(14)6-13-5-9(11-12-13)8-3-4-16-7-8/h3-5,7H,2,6H2,1H3. The lowest BCUT2D eigenvalue weighted by atomic mass is 10.3. The molecule has 2 aromatic heterocycles. The van der Waals surface area contributed by atoms with Crippen molar-refractivity contribution < 1.29 is 9.53 Å². The lowest BCUT2D eigenvalue weighted by molar-refractivity contribution is -0.144. The third-order valence-corrected chi connectivity index (χ3v) is 2.64. The van der Waals surface area contributed by atoms with Crippen LogP contribution in [0.2, 0.25) is 0 Å². The van der Waals surface area contributed by atoms with Gasteiger partial charge in [0.25, 0.3) is 0 Å². The van der Waals surface area contributed by atoms with Crippen molar-refractivity contribution in [3.63, 3.8) is 0 Å². The second kappa shape index (κ2) is 4.89. The zero-order valence-corrected chi connectivity index (χ0v) is 9.61. The lowest BCUT2D eigenvalue weighted by Crippen LogP contribution is -2.13. The first-order chi connectivity index (χ1) is 7.79. The maximum Gasteiger partial charge on any atom is 0.327 e. The van der Waals surface area contributed by atoms with E-state index in [0.717, 1.165) is 11.3 Å². The van der Waals surface area contributed by atoms with Gasteiger partial charge in [-0.3, -0.25) is 4.79 Å². The summed E-state index contributed by atoms with van der Waals surface area (Å²) < 4.78 is 6.30. The van der Waals surface area contributed by atoms with Gasteiger partial charge in [-0.2, -0.15) is 11.3 Å². The van der Waals surface area contributed by atoms with Crippen molar-refractivity contribution >= 4 is 17.3 Å². The molecule has 0 saturated heterocycles. The number of thiophene rings is 1. The van der Waals surface area contributed by atoms with Crippen LogP contribution in [0.4, 0.5) is 0 Å². The van der Waals surface area contributed by atoms with E-state index in [2.05, 4.69) is 10.3 Å². The molecule has 0 unspecified atom stereocenters. The van der Waals surface area contributed by atoms with Gasteiger partial charge in [0, 0.05) is 10.9 Å². The summed E-state index contributed by atoms with van der Waals surface area (Å²) in [6.45, 7) is 2.26. The van der Waals surface area contributed by atoms with Crippen molar-refractivity contribution in [1.82, 2.24) is 15.0 Å². The van der Waals surface area contributed by atoms with Gasteiger partial charge in [-0.05, 0) is 18.4 Å². The van der Waals surface area contributed by atoms with Gasteiger partial charge in [0.05, 0.1) is 12.8 Å². The Morgan fingerprint density at radius 1 is 1.62 bits per heavy atom. The van der Waals surface area contributed by atoms with Crippen LogP contribution in [0.15, 0.2) is 23.0 Å². The van der Waals surface area contributed by atoms with Crippen molar-refractivity contribution in [2.24, 2.45) is 0 Å². The fourth-order valence-corrected chi connectivity index (χ4v) is 1.91. The molecule has 0 amide bonds. The zero-order chi connectivity index (χ0) is 11.4. The van der Waals surface area contributed by atoms with Crippen LogP contribution in [0.1, 0.15) is 6.92 Å². The Labute approximate surface area is 96.7 Å². The second-order valence-corrected chi connectivity index (χ2v) is 3.90. The highest BCUT2D eigenvalue weighted by atomic mass is 32.1. The second-order valence-electron chi connectivity index (χ2n) is 3.12. The molecular weight excluding hydrogens is 226 g/mol. The van der Waals surface area contributed by atoms with Crippen molar-refractivity contribution in [2.45, 2.75) is 13.5 Å². The summed E-state index contributed by atoms with van der Waals surface area (Å²) in [5.74, 6) is -0.302. The SMILES string of the molecule is CCOC(=O)Cn1cc(-c2ccsc2)nn1. The maximum atomic E-state index is 11.2. The van der Waals surface area contributed by atoms with E-state index in [9.17, 15) is 4.79 Å². The predicted octanol–water partition coefficient (Wildman–Crippen LogP) is 1.57. The number of nitrogens with zero attached hydrogens (tertiary/aromatic N) is 3. The number of aromatic nitrogens is 3. The summed E-state index contributed by atoms with van der Waals surface area (Å²) in [5, 5.41) is 11.8. The van der Waals surface area contributed by atoms with Crippen LogP contribution in [0.3, 0.4) is 0 Å². The molecule has 84 valence electrons. The molecule has 0 fully saturated rings. The van der Waals surface area contributed by atoms with Crippen molar-refractivity contribution in [2.75, 3.05) is 6.61 Å². The molecular formula is C10H11N3O2S. The third-order valence-electron chi connectivity index (χ3n) is 1.95. The molecule has 2 aromatic rings.